The van der Waals surface area contributed by atoms with Crippen LogP contribution in [0.4, 0.5) is 4.39 Å². The predicted octanol–water partition coefficient (Wildman–Crippen LogP) is 5.13. The van der Waals surface area contributed by atoms with Gasteiger partial charge in [-0.05, 0) is 36.2 Å². The van der Waals surface area contributed by atoms with Crippen molar-refractivity contribution in [3.05, 3.63) is 107 Å². The maximum absolute atomic E-state index is 16.2. The van der Waals surface area contributed by atoms with E-state index in [0.717, 1.165) is 22.3 Å². The van der Waals surface area contributed by atoms with Gasteiger partial charge in [-0.1, -0.05) is 66.2 Å². The van der Waals surface area contributed by atoms with Crippen LogP contribution < -0.4 is 0 Å². The van der Waals surface area contributed by atoms with Gasteiger partial charge in [-0.25, -0.2) is 9.38 Å². The molecule has 4 rings (SSSR count). The zero-order chi connectivity index (χ0) is 18.9. The summed E-state index contributed by atoms with van der Waals surface area (Å²) in [6, 6.07) is 24.2. The smallest absolute Gasteiger partial charge is 0.267 e. The largest absolute Gasteiger partial charge is 0.277 e. The number of aryl methyl sites for hydroxylation is 1. The minimum absolute atomic E-state index is 0.197. The molecule has 0 aromatic heterocycles. The van der Waals surface area contributed by atoms with E-state index in [-0.39, 0.29) is 18.6 Å². The molecule has 0 heterocycles. The van der Waals surface area contributed by atoms with E-state index in [1.807, 2.05) is 61.5 Å². The van der Waals surface area contributed by atoms with Crippen LogP contribution in [0.2, 0.25) is 0 Å². The number of carbonyl (C=O) groups is 1. The number of nitrogens with zero attached hydrogens (tertiary/aromatic N) is 1. The van der Waals surface area contributed by atoms with Crippen LogP contribution in [0.25, 0.3) is 0 Å². The van der Waals surface area contributed by atoms with Crippen LogP contribution in [0.1, 0.15) is 32.6 Å². The first-order valence-corrected chi connectivity index (χ1v) is 9.06. The summed E-state index contributed by atoms with van der Waals surface area (Å²) in [7, 11) is 0. The molecule has 27 heavy (non-hydrogen) atoms. The lowest BCUT2D eigenvalue weighted by molar-refractivity contribution is 0.100. The number of hydrogen-bond acceptors (Lipinski definition) is 1. The van der Waals surface area contributed by atoms with Crippen molar-refractivity contribution in [2.24, 2.45) is 4.99 Å². The van der Waals surface area contributed by atoms with Gasteiger partial charge in [-0.15, -0.1) is 0 Å². The number of alkyl halides is 1. The van der Waals surface area contributed by atoms with E-state index in [0.29, 0.717) is 5.56 Å². The second-order valence-electron chi connectivity index (χ2n) is 7.10. The Labute approximate surface area is 158 Å². The minimum atomic E-state index is -1.69. The Kier molecular flexibility index (Phi) is 4.44. The lowest BCUT2D eigenvalue weighted by atomic mass is 9.91. The van der Waals surface area contributed by atoms with E-state index < -0.39 is 11.6 Å². The van der Waals surface area contributed by atoms with Crippen molar-refractivity contribution in [3.63, 3.8) is 0 Å². The maximum atomic E-state index is 16.2. The number of benzene rings is 3. The molecule has 1 amide bonds. The van der Waals surface area contributed by atoms with Crippen LogP contribution in [-0.4, -0.2) is 17.3 Å². The fourth-order valence-electron chi connectivity index (χ4n) is 3.66. The minimum Gasteiger partial charge on any atom is -0.267 e. The summed E-state index contributed by atoms with van der Waals surface area (Å²) < 4.78 is 16.2. The highest BCUT2D eigenvalue weighted by atomic mass is 19.1. The molecule has 3 aromatic rings. The molecule has 0 spiro atoms. The zero-order valence-corrected chi connectivity index (χ0v) is 15.2. The van der Waals surface area contributed by atoms with Crippen LogP contribution in [0.3, 0.4) is 0 Å². The third-order valence-electron chi connectivity index (χ3n) is 4.98. The number of amides is 1. The van der Waals surface area contributed by atoms with Crippen molar-refractivity contribution in [1.29, 1.82) is 0 Å². The average Bonchev–Trinajstić information content (AvgIpc) is 2.94. The molecule has 0 saturated carbocycles. The molecule has 1 aliphatic carbocycles. The molecule has 0 fully saturated rings. The fourth-order valence-corrected chi connectivity index (χ4v) is 3.66. The van der Waals surface area contributed by atoms with Crippen LogP contribution >= 0.6 is 0 Å². The summed E-state index contributed by atoms with van der Waals surface area (Å²) in [5.41, 5.74) is 2.59. The molecule has 1 unspecified atom stereocenters. The summed E-state index contributed by atoms with van der Waals surface area (Å²) in [6.07, 6.45) is 0.431. The van der Waals surface area contributed by atoms with Crippen molar-refractivity contribution >= 4 is 11.6 Å². The first-order valence-electron chi connectivity index (χ1n) is 9.06. The standard InChI is InChI=1S/C24H20FNO/c1-17-12-13-20-16-24(25,15-18-8-4-2-5-9-18)22(21(20)14-17)26-23(27)19-10-6-3-7-11-19/h2-14H,15-16H2,1H3/b26-22-. The molecule has 1 atom stereocenters. The summed E-state index contributed by atoms with van der Waals surface area (Å²) in [4.78, 5) is 17.0. The van der Waals surface area contributed by atoms with E-state index in [9.17, 15) is 4.79 Å². The van der Waals surface area contributed by atoms with Gasteiger partial charge in [-0.2, -0.15) is 0 Å². The lowest BCUT2D eigenvalue weighted by Crippen LogP contribution is -2.34. The van der Waals surface area contributed by atoms with Gasteiger partial charge in [0.15, 0.2) is 5.67 Å². The number of carbonyl (C=O) groups excluding carboxylic acids is 1. The number of halogens is 1. The summed E-state index contributed by atoms with van der Waals surface area (Å²) in [5.74, 6) is -0.407. The molecule has 0 N–H and O–H groups in total. The molecular weight excluding hydrogens is 337 g/mol. The third-order valence-corrected chi connectivity index (χ3v) is 4.98. The molecule has 0 bridgehead atoms. The van der Waals surface area contributed by atoms with Gasteiger partial charge >= 0.3 is 0 Å². The Balaban J connectivity index is 1.79. The van der Waals surface area contributed by atoms with Gasteiger partial charge in [0.1, 0.15) is 0 Å². The Bertz CT molecular complexity index is 1010. The number of rotatable bonds is 3. The highest BCUT2D eigenvalue weighted by Crippen LogP contribution is 2.37. The first-order chi connectivity index (χ1) is 13.0. The number of hydrogen-bond donors (Lipinski definition) is 0. The van der Waals surface area contributed by atoms with E-state index in [2.05, 4.69) is 4.99 Å². The second kappa shape index (κ2) is 6.92. The Morgan fingerprint density at radius 2 is 1.67 bits per heavy atom. The quantitative estimate of drug-likeness (QED) is 0.639. The second-order valence-corrected chi connectivity index (χ2v) is 7.10. The SMILES string of the molecule is Cc1ccc2c(c1)/C(=N/C(=O)c1ccccc1)C(F)(Cc1ccccc1)C2. The molecule has 2 nitrogen and oxygen atoms in total. The Morgan fingerprint density at radius 1 is 1.00 bits per heavy atom. The van der Waals surface area contributed by atoms with Crippen molar-refractivity contribution in [2.45, 2.75) is 25.4 Å². The molecule has 0 radical (unpaired) electrons. The molecule has 0 aliphatic heterocycles. The van der Waals surface area contributed by atoms with Crippen molar-refractivity contribution in [2.75, 3.05) is 0 Å². The monoisotopic (exact) mass is 357 g/mol. The van der Waals surface area contributed by atoms with E-state index in [4.69, 9.17) is 0 Å². The van der Waals surface area contributed by atoms with E-state index >= 15 is 4.39 Å². The Morgan fingerprint density at radius 3 is 2.37 bits per heavy atom. The molecule has 3 heteroatoms. The maximum Gasteiger partial charge on any atom is 0.277 e. The predicted molar refractivity (Wildman–Crippen MR) is 106 cm³/mol. The van der Waals surface area contributed by atoms with Gasteiger partial charge in [0.2, 0.25) is 0 Å². The molecule has 3 aromatic carbocycles. The highest BCUT2D eigenvalue weighted by Gasteiger charge is 2.44. The lowest BCUT2D eigenvalue weighted by Gasteiger charge is -2.21. The normalized spacial score (nSPS) is 19.9. The topological polar surface area (TPSA) is 29.4 Å². The Hall–Kier alpha value is -3.07. The molecule has 134 valence electrons. The van der Waals surface area contributed by atoms with Crippen LogP contribution in [-0.2, 0) is 12.8 Å². The number of aliphatic imine (C=N–C) groups is 1. The van der Waals surface area contributed by atoms with Gasteiger partial charge in [0.25, 0.3) is 5.91 Å². The van der Waals surface area contributed by atoms with Crippen LogP contribution in [0, 0.1) is 6.92 Å². The van der Waals surface area contributed by atoms with Gasteiger partial charge < -0.3 is 0 Å². The third kappa shape index (κ3) is 3.45. The van der Waals surface area contributed by atoms with Crippen molar-refractivity contribution in [1.82, 2.24) is 0 Å². The average molecular weight is 357 g/mol. The first kappa shape index (κ1) is 17.3. The van der Waals surface area contributed by atoms with Gasteiger partial charge in [-0.3, -0.25) is 4.79 Å². The van der Waals surface area contributed by atoms with Crippen LogP contribution in [0.15, 0.2) is 83.9 Å². The fraction of sp³-hybridized carbons (Fsp3) is 0.167. The van der Waals surface area contributed by atoms with Crippen molar-refractivity contribution in [3.8, 4) is 0 Å². The summed E-state index contributed by atoms with van der Waals surface area (Å²) in [6.45, 7) is 1.96. The van der Waals surface area contributed by atoms with Crippen LogP contribution in [0.5, 0.6) is 0 Å². The summed E-state index contributed by atoms with van der Waals surface area (Å²) in [5, 5.41) is 0. The van der Waals surface area contributed by atoms with E-state index in [1.54, 1.807) is 24.3 Å². The van der Waals surface area contributed by atoms with Crippen molar-refractivity contribution < 1.29 is 9.18 Å². The highest BCUT2D eigenvalue weighted by molar-refractivity contribution is 6.17. The van der Waals surface area contributed by atoms with E-state index in [1.165, 1.54) is 0 Å². The van der Waals surface area contributed by atoms with Gasteiger partial charge in [0.05, 0.1) is 5.71 Å². The number of fused-ring (bicyclic) bond motifs is 1. The molecule has 0 saturated heterocycles. The zero-order valence-electron chi connectivity index (χ0n) is 15.2. The summed E-state index contributed by atoms with van der Waals surface area (Å²) >= 11 is 0. The van der Waals surface area contributed by atoms with Gasteiger partial charge in [0, 0.05) is 24.0 Å². The molecular formula is C24H20FNO. The molecule has 1 aliphatic rings.